The number of rotatable bonds is 4. The zero-order valence-corrected chi connectivity index (χ0v) is 14.4. The molecule has 10 heteroatoms. The summed E-state index contributed by atoms with van der Waals surface area (Å²) in [6.07, 6.45) is -3.69. The molecule has 0 atom stereocenters. The van der Waals surface area contributed by atoms with E-state index in [9.17, 15) is 18.0 Å². The molecule has 0 unspecified atom stereocenters. The number of nitrogens with one attached hydrogen (secondary N) is 1. The van der Waals surface area contributed by atoms with Crippen molar-refractivity contribution >= 4 is 11.7 Å². The van der Waals surface area contributed by atoms with Gasteiger partial charge in [-0.15, -0.1) is 0 Å². The van der Waals surface area contributed by atoms with E-state index < -0.39 is 17.6 Å². The van der Waals surface area contributed by atoms with Crippen LogP contribution in [0, 0.1) is 0 Å². The van der Waals surface area contributed by atoms with Crippen LogP contribution in [0.25, 0.3) is 22.4 Å². The molecule has 2 aromatic heterocycles. The Morgan fingerprint density at radius 1 is 1.11 bits per heavy atom. The van der Waals surface area contributed by atoms with Crippen LogP contribution < -0.4 is 10.6 Å². The molecular formula is C17H15F3N6O. The molecule has 3 rings (SSSR count). The average molecular weight is 376 g/mol. The van der Waals surface area contributed by atoms with Gasteiger partial charge < -0.3 is 10.6 Å². The van der Waals surface area contributed by atoms with E-state index in [1.807, 2.05) is 0 Å². The van der Waals surface area contributed by atoms with E-state index in [1.54, 1.807) is 43.3 Å². The van der Waals surface area contributed by atoms with Crippen LogP contribution in [0.3, 0.4) is 0 Å². The van der Waals surface area contributed by atoms with Gasteiger partial charge in [0.25, 0.3) is 5.91 Å². The summed E-state index contributed by atoms with van der Waals surface area (Å²) in [4.78, 5) is 17.0. The van der Waals surface area contributed by atoms with Crippen molar-refractivity contribution in [3.05, 3.63) is 47.8 Å². The number of hydrogen-bond acceptors (Lipinski definition) is 5. The molecule has 0 aliphatic rings. The number of aromatic amines is 1. The highest BCUT2D eigenvalue weighted by Crippen LogP contribution is 2.36. The van der Waals surface area contributed by atoms with Gasteiger partial charge in [-0.1, -0.05) is 24.3 Å². The monoisotopic (exact) mass is 376 g/mol. The van der Waals surface area contributed by atoms with E-state index in [0.717, 1.165) is 12.3 Å². The minimum Gasteiger partial charge on any atom is -0.364 e. The van der Waals surface area contributed by atoms with Crippen molar-refractivity contribution in [1.29, 1.82) is 0 Å². The molecule has 0 fully saturated rings. The number of carbonyl (C=O) groups excluding carboxylic acids is 1. The van der Waals surface area contributed by atoms with Gasteiger partial charge in [-0.2, -0.15) is 28.6 Å². The third-order valence-corrected chi connectivity index (χ3v) is 3.87. The van der Waals surface area contributed by atoms with Crippen LogP contribution in [0.15, 0.2) is 36.5 Å². The van der Waals surface area contributed by atoms with Gasteiger partial charge in [-0.3, -0.25) is 4.79 Å². The largest absolute Gasteiger partial charge is 0.417 e. The van der Waals surface area contributed by atoms with Crippen LogP contribution in [-0.4, -0.2) is 40.4 Å². The first-order valence-electron chi connectivity index (χ1n) is 7.74. The van der Waals surface area contributed by atoms with E-state index >= 15 is 0 Å². The van der Waals surface area contributed by atoms with Crippen molar-refractivity contribution < 1.29 is 18.0 Å². The van der Waals surface area contributed by atoms with Crippen molar-refractivity contribution in [3.63, 3.8) is 0 Å². The molecule has 2 heterocycles. The lowest BCUT2D eigenvalue weighted by Crippen LogP contribution is -2.14. The van der Waals surface area contributed by atoms with Gasteiger partial charge in [0.2, 0.25) is 0 Å². The summed E-state index contributed by atoms with van der Waals surface area (Å²) >= 11 is 0. The van der Waals surface area contributed by atoms with Crippen LogP contribution in [0.5, 0.6) is 0 Å². The summed E-state index contributed by atoms with van der Waals surface area (Å²) in [6, 6.07) is 7.55. The number of halogens is 3. The quantitative estimate of drug-likeness (QED) is 0.729. The molecule has 27 heavy (non-hydrogen) atoms. The van der Waals surface area contributed by atoms with Gasteiger partial charge in [-0.05, 0) is 11.6 Å². The van der Waals surface area contributed by atoms with E-state index in [4.69, 9.17) is 5.73 Å². The molecule has 0 radical (unpaired) electrons. The standard InChI is InChI=1S/C17H15F3N6O/c1-26(2)16-12(7-11(8-22-16)17(18,19)20)9-3-5-10(6-4-9)13-14(15(21)27)24-25-23-13/h3-8H,1-2H3,(H2,21,27)(H,23,24,25). The van der Waals surface area contributed by atoms with Gasteiger partial charge >= 0.3 is 6.18 Å². The zero-order chi connectivity index (χ0) is 19.8. The number of amides is 1. The number of nitrogens with zero attached hydrogens (tertiary/aromatic N) is 4. The van der Waals surface area contributed by atoms with E-state index in [-0.39, 0.29) is 11.4 Å². The van der Waals surface area contributed by atoms with Gasteiger partial charge in [0.15, 0.2) is 5.69 Å². The third kappa shape index (κ3) is 3.59. The number of primary amides is 1. The molecule has 0 saturated heterocycles. The fourth-order valence-corrected chi connectivity index (χ4v) is 2.59. The van der Waals surface area contributed by atoms with Crippen LogP contribution in [0.2, 0.25) is 0 Å². The smallest absolute Gasteiger partial charge is 0.364 e. The zero-order valence-electron chi connectivity index (χ0n) is 14.4. The number of hydrogen-bond donors (Lipinski definition) is 2. The number of alkyl halides is 3. The minimum absolute atomic E-state index is 0.0162. The maximum Gasteiger partial charge on any atom is 0.417 e. The molecular weight excluding hydrogens is 361 g/mol. The highest BCUT2D eigenvalue weighted by Gasteiger charge is 2.32. The van der Waals surface area contributed by atoms with Crippen molar-refractivity contribution in [2.75, 3.05) is 19.0 Å². The van der Waals surface area contributed by atoms with Crippen LogP contribution in [0.1, 0.15) is 16.1 Å². The lowest BCUT2D eigenvalue weighted by Gasteiger charge is -2.18. The molecule has 0 spiro atoms. The summed E-state index contributed by atoms with van der Waals surface area (Å²) in [5, 5.41) is 9.92. The number of pyridine rings is 1. The van der Waals surface area contributed by atoms with E-state index in [1.165, 1.54) is 0 Å². The van der Waals surface area contributed by atoms with Gasteiger partial charge in [0, 0.05) is 31.4 Å². The molecule has 1 aromatic carbocycles. The number of aromatic nitrogens is 4. The SMILES string of the molecule is CN(C)c1ncc(C(F)(F)F)cc1-c1ccc(-c2n[nH]nc2C(N)=O)cc1. The second-order valence-corrected chi connectivity index (χ2v) is 5.95. The summed E-state index contributed by atoms with van der Waals surface area (Å²) < 4.78 is 39.2. The Morgan fingerprint density at radius 2 is 1.74 bits per heavy atom. The number of benzene rings is 1. The molecule has 3 aromatic rings. The molecule has 1 amide bonds. The van der Waals surface area contributed by atoms with Crippen LogP contribution in [-0.2, 0) is 6.18 Å². The van der Waals surface area contributed by atoms with Crippen molar-refractivity contribution in [2.45, 2.75) is 6.18 Å². The van der Waals surface area contributed by atoms with Gasteiger partial charge in [0.05, 0.1) is 5.56 Å². The van der Waals surface area contributed by atoms with Crippen molar-refractivity contribution in [2.24, 2.45) is 5.73 Å². The fourth-order valence-electron chi connectivity index (χ4n) is 2.59. The Kier molecular flexibility index (Phi) is 4.56. The first-order valence-corrected chi connectivity index (χ1v) is 7.74. The number of carbonyl (C=O) groups is 1. The first-order chi connectivity index (χ1) is 12.7. The molecule has 3 N–H and O–H groups in total. The summed E-state index contributed by atoms with van der Waals surface area (Å²) in [6.45, 7) is 0. The highest BCUT2D eigenvalue weighted by atomic mass is 19.4. The molecule has 0 saturated carbocycles. The molecule has 7 nitrogen and oxygen atoms in total. The normalized spacial score (nSPS) is 11.4. The fraction of sp³-hybridized carbons (Fsp3) is 0.176. The second-order valence-electron chi connectivity index (χ2n) is 5.95. The number of nitrogens with two attached hydrogens (primary N) is 1. The number of H-pyrrole nitrogens is 1. The molecule has 0 bridgehead atoms. The van der Waals surface area contributed by atoms with Gasteiger partial charge in [0.1, 0.15) is 11.5 Å². The Morgan fingerprint density at radius 3 is 2.30 bits per heavy atom. The lowest BCUT2D eigenvalue weighted by atomic mass is 10.0. The lowest BCUT2D eigenvalue weighted by molar-refractivity contribution is -0.137. The van der Waals surface area contributed by atoms with Crippen LogP contribution in [0.4, 0.5) is 19.0 Å². The summed E-state index contributed by atoms with van der Waals surface area (Å²) in [5.74, 6) is -0.338. The highest BCUT2D eigenvalue weighted by molar-refractivity contribution is 5.96. The average Bonchev–Trinajstić information content (AvgIpc) is 3.10. The topological polar surface area (TPSA) is 101 Å². The molecule has 0 aliphatic carbocycles. The maximum absolute atomic E-state index is 13.1. The van der Waals surface area contributed by atoms with Crippen molar-refractivity contribution in [1.82, 2.24) is 20.4 Å². The predicted octanol–water partition coefficient (Wildman–Crippen LogP) is 2.72. The van der Waals surface area contributed by atoms with E-state index in [0.29, 0.717) is 22.5 Å². The Balaban J connectivity index is 2.06. The summed E-state index contributed by atoms with van der Waals surface area (Å²) in [5.41, 5.74) is 6.08. The Labute approximate surface area is 152 Å². The first kappa shape index (κ1) is 18.4. The van der Waals surface area contributed by atoms with Crippen molar-refractivity contribution in [3.8, 4) is 22.4 Å². The van der Waals surface area contributed by atoms with E-state index in [2.05, 4.69) is 20.4 Å². The summed E-state index contributed by atoms with van der Waals surface area (Å²) in [7, 11) is 3.39. The molecule has 0 aliphatic heterocycles. The number of anilines is 1. The minimum atomic E-state index is -4.50. The maximum atomic E-state index is 13.1. The Hall–Kier alpha value is -3.43. The van der Waals surface area contributed by atoms with Crippen LogP contribution >= 0.6 is 0 Å². The second kappa shape index (κ2) is 6.71. The van der Waals surface area contributed by atoms with Gasteiger partial charge in [-0.25, -0.2) is 4.98 Å². The predicted molar refractivity (Wildman–Crippen MR) is 92.9 cm³/mol. The molecule has 140 valence electrons. The Bertz CT molecular complexity index is 979. The third-order valence-electron chi connectivity index (χ3n) is 3.87.